The first-order chi connectivity index (χ1) is 23.7. The minimum absolute atomic E-state index is 0.0145. The Labute approximate surface area is 298 Å². The summed E-state index contributed by atoms with van der Waals surface area (Å²) in [6, 6.07) is -0.859. The van der Waals surface area contributed by atoms with Gasteiger partial charge in [0.05, 0.1) is 12.7 Å². The lowest BCUT2D eigenvalue weighted by molar-refractivity contribution is -0.268. The molecule has 1 fully saturated rings. The molecule has 1 saturated heterocycles. The number of carbonyl (C=O) groups is 1. The highest BCUT2D eigenvalue weighted by Crippen LogP contribution is 2.42. The Morgan fingerprint density at radius 1 is 0.796 bits per heavy atom. The van der Waals surface area contributed by atoms with Crippen LogP contribution in [-0.4, -0.2) is 87.0 Å². The molecule has 6 atom stereocenters. The van der Waals surface area contributed by atoms with E-state index in [9.17, 15) is 19.1 Å². The number of amides is 1. The molecular weight excluding hydrogens is 649 g/mol. The number of carbonyl (C=O) groups excluding carboxylic acids is 1. The average molecular weight is 722 g/mol. The third-order valence-electron chi connectivity index (χ3n) is 9.17. The summed E-state index contributed by atoms with van der Waals surface area (Å²) in [5.74, 6) is -0.201. The first-order valence-electron chi connectivity index (χ1n) is 19.2. The molecule has 0 bridgehead atoms. The summed E-state index contributed by atoms with van der Waals surface area (Å²) in [5, 5.41) is 2.98. The van der Waals surface area contributed by atoms with Crippen molar-refractivity contribution in [1.29, 1.82) is 0 Å². The number of ether oxygens (including phenoxy) is 5. The van der Waals surface area contributed by atoms with Gasteiger partial charge in [-0.25, -0.2) is 4.57 Å². The van der Waals surface area contributed by atoms with Gasteiger partial charge in [0.25, 0.3) is 0 Å². The molecule has 290 valence electrons. The van der Waals surface area contributed by atoms with Crippen molar-refractivity contribution >= 4 is 13.7 Å². The molecule has 0 aromatic rings. The normalized spacial score (nSPS) is 22.1. The molecule has 0 aromatic carbocycles. The van der Waals surface area contributed by atoms with Crippen LogP contribution in [-0.2, 0) is 37.6 Å². The highest BCUT2D eigenvalue weighted by atomic mass is 31.2. The number of nitrogens with one attached hydrogen (secondary N) is 1. The SMILES string of the molecule is CCCCCC/C=C\CCCCCCCCCC(=O)N[C@H]1[C@H](OC)O[C@H](COC)[C@@H](OP(=O)(O)O)[C@@H]1OCC[C@@H](CCCCCCC)OC. The predicted molar refractivity (Wildman–Crippen MR) is 194 cm³/mol. The van der Waals surface area contributed by atoms with Crippen molar-refractivity contribution in [1.82, 2.24) is 5.32 Å². The van der Waals surface area contributed by atoms with Crippen molar-refractivity contribution in [2.24, 2.45) is 0 Å². The lowest BCUT2D eigenvalue weighted by Crippen LogP contribution is -2.66. The molecule has 0 unspecified atom stereocenters. The molecule has 0 spiro atoms. The molecule has 49 heavy (non-hydrogen) atoms. The van der Waals surface area contributed by atoms with Crippen LogP contribution in [0.5, 0.6) is 0 Å². The van der Waals surface area contributed by atoms with Crippen LogP contribution < -0.4 is 5.32 Å². The zero-order valence-corrected chi connectivity index (χ0v) is 32.4. The number of hydrogen-bond acceptors (Lipinski definition) is 8. The number of phosphoric ester groups is 1. The second kappa shape index (κ2) is 29.7. The Morgan fingerprint density at radius 3 is 1.94 bits per heavy atom. The van der Waals surface area contributed by atoms with E-state index in [0.29, 0.717) is 12.8 Å². The molecule has 1 aliphatic heterocycles. The van der Waals surface area contributed by atoms with Gasteiger partial charge in [-0.15, -0.1) is 0 Å². The quantitative estimate of drug-likeness (QED) is 0.0354. The summed E-state index contributed by atoms with van der Waals surface area (Å²) in [6.07, 6.45) is 23.4. The molecule has 0 aromatic heterocycles. The Balaban J connectivity index is 2.66. The number of allylic oxidation sites excluding steroid dienone is 2. The maximum atomic E-state index is 13.1. The molecule has 1 aliphatic rings. The fourth-order valence-corrected chi connectivity index (χ4v) is 6.92. The third kappa shape index (κ3) is 22.6. The first kappa shape index (κ1) is 46.1. The van der Waals surface area contributed by atoms with E-state index in [-0.39, 0.29) is 25.2 Å². The van der Waals surface area contributed by atoms with E-state index in [1.54, 1.807) is 7.11 Å². The Kier molecular flexibility index (Phi) is 27.9. The van der Waals surface area contributed by atoms with Crippen molar-refractivity contribution in [2.45, 2.75) is 185 Å². The maximum Gasteiger partial charge on any atom is 0.470 e. The second-order valence-corrected chi connectivity index (χ2v) is 14.6. The smallest absolute Gasteiger partial charge is 0.382 e. The van der Waals surface area contributed by atoms with E-state index in [1.807, 2.05) is 0 Å². The summed E-state index contributed by atoms with van der Waals surface area (Å²) < 4.78 is 46.1. The van der Waals surface area contributed by atoms with Gasteiger partial charge in [-0.1, -0.05) is 109 Å². The minimum Gasteiger partial charge on any atom is -0.382 e. The first-order valence-corrected chi connectivity index (χ1v) is 20.7. The van der Waals surface area contributed by atoms with E-state index >= 15 is 0 Å². The van der Waals surface area contributed by atoms with Gasteiger partial charge in [-0.2, -0.15) is 0 Å². The zero-order chi connectivity index (χ0) is 36.2. The maximum absolute atomic E-state index is 13.1. The van der Waals surface area contributed by atoms with Crippen LogP contribution in [0.4, 0.5) is 0 Å². The van der Waals surface area contributed by atoms with Crippen LogP contribution in [0.25, 0.3) is 0 Å². The van der Waals surface area contributed by atoms with Crippen LogP contribution in [0.1, 0.15) is 149 Å². The molecule has 12 heteroatoms. The van der Waals surface area contributed by atoms with Gasteiger partial charge in [0.2, 0.25) is 5.91 Å². The summed E-state index contributed by atoms with van der Waals surface area (Å²) in [5.41, 5.74) is 0. The van der Waals surface area contributed by atoms with Crippen LogP contribution >= 0.6 is 7.82 Å². The van der Waals surface area contributed by atoms with E-state index in [4.69, 9.17) is 28.2 Å². The van der Waals surface area contributed by atoms with E-state index in [0.717, 1.165) is 51.4 Å². The molecule has 1 amide bonds. The van der Waals surface area contributed by atoms with Gasteiger partial charge < -0.3 is 38.8 Å². The Hall–Kier alpha value is -0.880. The third-order valence-corrected chi connectivity index (χ3v) is 9.69. The van der Waals surface area contributed by atoms with Gasteiger partial charge in [0.1, 0.15) is 24.4 Å². The largest absolute Gasteiger partial charge is 0.470 e. The highest BCUT2D eigenvalue weighted by Gasteiger charge is 2.50. The zero-order valence-electron chi connectivity index (χ0n) is 31.5. The van der Waals surface area contributed by atoms with E-state index < -0.39 is 38.5 Å². The lowest BCUT2D eigenvalue weighted by Gasteiger charge is -2.45. The number of hydrogen-bond donors (Lipinski definition) is 3. The topological polar surface area (TPSA) is 142 Å². The van der Waals surface area contributed by atoms with Gasteiger partial charge in [0, 0.05) is 34.4 Å². The fraction of sp³-hybridized carbons (Fsp3) is 0.919. The van der Waals surface area contributed by atoms with Crippen molar-refractivity contribution in [3.8, 4) is 0 Å². The second-order valence-electron chi connectivity index (χ2n) is 13.4. The van der Waals surface area contributed by atoms with Crippen LogP contribution in [0.15, 0.2) is 12.2 Å². The van der Waals surface area contributed by atoms with Crippen molar-refractivity contribution in [3.63, 3.8) is 0 Å². The van der Waals surface area contributed by atoms with E-state index in [1.165, 1.54) is 84.8 Å². The van der Waals surface area contributed by atoms with Gasteiger partial charge in [0.15, 0.2) is 6.29 Å². The number of methoxy groups -OCH3 is 3. The standard InChI is InChI=1S/C37H72NO10P/c1-6-8-10-12-13-14-15-16-17-18-19-20-21-23-25-27-33(39)38-34-36(46-29-28-31(44-4)26-24-22-11-9-7-2)35(48-49(40,41)42)32(30-43-3)47-37(34)45-5/h14-15,31-32,34-37H,6-13,16-30H2,1-5H3,(H,38,39)(H2,40,41,42)/b15-14-/t31-,32-,34-,35-,36-,37-/m1/s1. The molecule has 0 aliphatic carbocycles. The number of rotatable bonds is 32. The van der Waals surface area contributed by atoms with Crippen LogP contribution in [0.3, 0.4) is 0 Å². The van der Waals surface area contributed by atoms with Crippen LogP contribution in [0, 0.1) is 0 Å². The highest BCUT2D eigenvalue weighted by molar-refractivity contribution is 7.46. The average Bonchev–Trinajstić information content (AvgIpc) is 3.07. The molecule has 1 rings (SSSR count). The summed E-state index contributed by atoms with van der Waals surface area (Å²) in [7, 11) is -0.349. The lowest BCUT2D eigenvalue weighted by atomic mass is 9.96. The molecule has 1 heterocycles. The molecular formula is C37H72NO10P. The molecule has 0 radical (unpaired) electrons. The summed E-state index contributed by atoms with van der Waals surface area (Å²) >= 11 is 0. The van der Waals surface area contributed by atoms with Crippen LogP contribution in [0.2, 0.25) is 0 Å². The monoisotopic (exact) mass is 721 g/mol. The van der Waals surface area contributed by atoms with Crippen molar-refractivity contribution in [3.05, 3.63) is 12.2 Å². The summed E-state index contributed by atoms with van der Waals surface area (Å²) in [6.45, 7) is 4.65. The van der Waals surface area contributed by atoms with Crippen molar-refractivity contribution in [2.75, 3.05) is 34.5 Å². The molecule has 0 saturated carbocycles. The van der Waals surface area contributed by atoms with Crippen molar-refractivity contribution < 1.29 is 47.4 Å². The number of unbranched alkanes of at least 4 members (excludes halogenated alkanes) is 15. The minimum atomic E-state index is -4.95. The van der Waals surface area contributed by atoms with E-state index in [2.05, 4.69) is 31.3 Å². The fourth-order valence-electron chi connectivity index (χ4n) is 6.35. The van der Waals surface area contributed by atoms with Gasteiger partial charge in [-0.3, -0.25) is 9.32 Å². The Morgan fingerprint density at radius 2 is 1.37 bits per heavy atom. The predicted octanol–water partition coefficient (Wildman–Crippen LogP) is 8.16. The molecule has 3 N–H and O–H groups in total. The van der Waals surface area contributed by atoms with Gasteiger partial charge >= 0.3 is 7.82 Å². The molecule has 11 nitrogen and oxygen atoms in total. The number of phosphoric acid groups is 1. The van der Waals surface area contributed by atoms with Gasteiger partial charge in [-0.05, 0) is 44.9 Å². The summed E-state index contributed by atoms with van der Waals surface area (Å²) in [4.78, 5) is 32.7. The Bertz CT molecular complexity index is 872.